The molecule has 6 N–H and O–H groups in total. The van der Waals surface area contributed by atoms with Crippen LogP contribution in [0.5, 0.6) is 11.5 Å². The summed E-state index contributed by atoms with van der Waals surface area (Å²) in [5.41, 5.74) is -0.304. The van der Waals surface area contributed by atoms with Gasteiger partial charge in [0.15, 0.2) is 0 Å². The Hall–Kier alpha value is -4.48. The van der Waals surface area contributed by atoms with Gasteiger partial charge in [-0.15, -0.1) is 0 Å². The summed E-state index contributed by atoms with van der Waals surface area (Å²) >= 11 is 0. The van der Waals surface area contributed by atoms with E-state index >= 15 is 0 Å². The summed E-state index contributed by atoms with van der Waals surface area (Å²) in [6.07, 6.45) is 0. The second kappa shape index (κ2) is 16.5. The lowest BCUT2D eigenvalue weighted by molar-refractivity contribution is -0.144. The van der Waals surface area contributed by atoms with Gasteiger partial charge in [0.25, 0.3) is 0 Å². The fourth-order valence-corrected chi connectivity index (χ4v) is 3.65. The molecule has 0 heterocycles. The van der Waals surface area contributed by atoms with Gasteiger partial charge in [-0.1, -0.05) is 0 Å². The molecule has 0 fully saturated rings. The molecule has 1 aromatic carbocycles. The first-order valence-corrected chi connectivity index (χ1v) is 11.5. The molecule has 1 unspecified atom stereocenters. The topological polar surface area (TPSA) is 252 Å². The van der Waals surface area contributed by atoms with Gasteiger partial charge in [0.1, 0.15) is 23.7 Å². The molecule has 0 aliphatic carbocycles. The highest BCUT2D eigenvalue weighted by molar-refractivity contribution is 5.91. The fourth-order valence-electron chi connectivity index (χ4n) is 3.65. The molecule has 0 aliphatic heterocycles. The number of methoxy groups -OCH3 is 1. The van der Waals surface area contributed by atoms with Crippen LogP contribution in [-0.2, 0) is 24.0 Å². The molecule has 0 saturated carbocycles. The smallest absolute Gasteiger partial charge is 0.339 e. The van der Waals surface area contributed by atoms with Crippen molar-refractivity contribution in [3.63, 3.8) is 0 Å². The van der Waals surface area contributed by atoms with Crippen molar-refractivity contribution in [1.82, 2.24) is 14.7 Å². The van der Waals surface area contributed by atoms with E-state index in [-0.39, 0.29) is 36.7 Å². The molecule has 17 nitrogen and oxygen atoms in total. The zero-order valence-electron chi connectivity index (χ0n) is 21.5. The molecule has 0 bridgehead atoms. The van der Waals surface area contributed by atoms with Gasteiger partial charge in [-0.05, 0) is 18.2 Å². The molecule has 0 radical (unpaired) electrons. The van der Waals surface area contributed by atoms with Crippen molar-refractivity contribution in [2.75, 3.05) is 66.1 Å². The van der Waals surface area contributed by atoms with Crippen molar-refractivity contribution >= 4 is 35.8 Å². The van der Waals surface area contributed by atoms with Gasteiger partial charge in [0, 0.05) is 19.6 Å². The van der Waals surface area contributed by atoms with E-state index in [1.165, 1.54) is 30.2 Å². The molecule has 1 rings (SSSR count). The molecular formula is C23H31N3O14. The molecule has 1 atom stereocenters. The summed E-state index contributed by atoms with van der Waals surface area (Å²) in [7, 11) is 1.32. The third-order valence-corrected chi connectivity index (χ3v) is 5.32. The second-order valence-electron chi connectivity index (χ2n) is 8.45. The lowest BCUT2D eigenvalue weighted by Crippen LogP contribution is -2.52. The second-order valence-corrected chi connectivity index (χ2v) is 8.45. The normalized spacial score (nSPS) is 11.8. The minimum atomic E-state index is -1.40. The third-order valence-electron chi connectivity index (χ3n) is 5.32. The monoisotopic (exact) mass is 573 g/mol. The number of rotatable bonds is 21. The highest BCUT2D eigenvalue weighted by atomic mass is 16.5. The largest absolute Gasteiger partial charge is 0.497 e. The first kappa shape index (κ1) is 33.5. The van der Waals surface area contributed by atoms with Crippen molar-refractivity contribution in [2.24, 2.45) is 0 Å². The van der Waals surface area contributed by atoms with Crippen LogP contribution < -0.4 is 9.47 Å². The maximum atomic E-state index is 11.7. The van der Waals surface area contributed by atoms with Crippen LogP contribution in [0.4, 0.5) is 0 Å². The maximum absolute atomic E-state index is 11.7. The van der Waals surface area contributed by atoms with E-state index < -0.39 is 81.2 Å². The van der Waals surface area contributed by atoms with Gasteiger partial charge >= 0.3 is 35.8 Å². The fraction of sp³-hybridized carbons (Fsp3) is 0.478. The number of carboxylic acids is 6. The van der Waals surface area contributed by atoms with Gasteiger partial charge in [-0.25, -0.2) is 4.79 Å². The number of hydrogen-bond acceptors (Lipinski definition) is 11. The van der Waals surface area contributed by atoms with E-state index in [0.29, 0.717) is 0 Å². The number of carboxylic acid groups (broad SMARTS) is 6. The Balaban J connectivity index is 3.31. The van der Waals surface area contributed by atoms with Gasteiger partial charge in [-0.3, -0.25) is 38.7 Å². The minimum absolute atomic E-state index is 0.150. The standard InChI is InChI=1S/C23H31N3O14/c1-39-15-2-3-17(16(6-15)23(37)38)40-13-14(26(11-21(33)34)12-22(35)36)7-24(8-18(27)28)4-5-25(9-19(29)30)10-20(31)32/h2-3,6,14H,4-5,7-13H2,1H3,(H,27,28)(H,29,30)(H,31,32)(H,33,34)(H,35,36)(H,37,38). The van der Waals surface area contributed by atoms with E-state index in [0.717, 1.165) is 9.80 Å². The molecule has 40 heavy (non-hydrogen) atoms. The number of carbonyl (C=O) groups is 6. The van der Waals surface area contributed by atoms with Crippen LogP contribution in [0.3, 0.4) is 0 Å². The summed E-state index contributed by atoms with van der Waals surface area (Å²) < 4.78 is 10.6. The lowest BCUT2D eigenvalue weighted by Gasteiger charge is -2.34. The van der Waals surface area contributed by atoms with E-state index in [1.54, 1.807) is 0 Å². The average molecular weight is 574 g/mol. The summed E-state index contributed by atoms with van der Waals surface area (Å²) in [5, 5.41) is 55.7. The van der Waals surface area contributed by atoms with Crippen LogP contribution in [0, 0.1) is 0 Å². The predicted molar refractivity (Wildman–Crippen MR) is 132 cm³/mol. The Morgan fingerprint density at radius 3 is 1.65 bits per heavy atom. The molecule has 0 amide bonds. The van der Waals surface area contributed by atoms with Gasteiger partial charge in [0.2, 0.25) is 0 Å². The van der Waals surface area contributed by atoms with Crippen LogP contribution in [0.25, 0.3) is 0 Å². The number of aromatic carboxylic acids is 1. The quantitative estimate of drug-likeness (QED) is 0.0975. The predicted octanol–water partition coefficient (Wildman–Crippen LogP) is -1.53. The highest BCUT2D eigenvalue weighted by Crippen LogP contribution is 2.25. The van der Waals surface area contributed by atoms with E-state index in [9.17, 15) is 49.2 Å². The summed E-state index contributed by atoms with van der Waals surface area (Å²) in [5.74, 6) is -8.08. The van der Waals surface area contributed by atoms with E-state index in [2.05, 4.69) is 0 Å². The molecule has 1 aromatic rings. The Morgan fingerprint density at radius 1 is 0.725 bits per heavy atom. The minimum Gasteiger partial charge on any atom is -0.497 e. The number of hydrogen-bond donors (Lipinski definition) is 6. The van der Waals surface area contributed by atoms with Crippen LogP contribution in [-0.4, -0.2) is 153 Å². The Labute approximate surface area is 227 Å². The first-order valence-electron chi connectivity index (χ1n) is 11.5. The number of aliphatic carboxylic acids is 5. The van der Waals surface area contributed by atoms with Crippen LogP contribution in [0.2, 0.25) is 0 Å². The van der Waals surface area contributed by atoms with E-state index in [1.807, 2.05) is 0 Å². The number of benzene rings is 1. The Morgan fingerprint density at radius 2 is 1.20 bits per heavy atom. The molecule has 0 aliphatic rings. The zero-order valence-corrected chi connectivity index (χ0v) is 21.5. The van der Waals surface area contributed by atoms with E-state index in [4.69, 9.17) is 19.7 Å². The van der Waals surface area contributed by atoms with Gasteiger partial charge < -0.3 is 40.1 Å². The molecule has 222 valence electrons. The van der Waals surface area contributed by atoms with Crippen molar-refractivity contribution in [2.45, 2.75) is 6.04 Å². The Kier molecular flexibility index (Phi) is 13.8. The third kappa shape index (κ3) is 12.9. The summed E-state index contributed by atoms with van der Waals surface area (Å²) in [4.78, 5) is 71.6. The van der Waals surface area contributed by atoms with Crippen LogP contribution in [0.1, 0.15) is 10.4 Å². The van der Waals surface area contributed by atoms with Crippen molar-refractivity contribution in [1.29, 1.82) is 0 Å². The molecule has 17 heteroatoms. The number of nitrogens with zero attached hydrogens (tertiary/aromatic N) is 3. The highest BCUT2D eigenvalue weighted by Gasteiger charge is 2.28. The summed E-state index contributed by atoms with van der Waals surface area (Å²) in [6, 6.07) is 2.74. The van der Waals surface area contributed by atoms with Crippen LogP contribution >= 0.6 is 0 Å². The molecule has 0 saturated heterocycles. The first-order chi connectivity index (χ1) is 18.7. The SMILES string of the molecule is COc1ccc(OCC(CN(CCN(CC(=O)O)CC(=O)O)CC(=O)O)N(CC(=O)O)CC(=O)O)c(C(=O)O)c1. The lowest BCUT2D eigenvalue weighted by atomic mass is 10.2. The Bertz CT molecular complexity index is 1050. The molecule has 0 spiro atoms. The molecular weight excluding hydrogens is 542 g/mol. The maximum Gasteiger partial charge on any atom is 0.339 e. The summed E-state index contributed by atoms with van der Waals surface area (Å²) in [6.45, 7) is -4.74. The van der Waals surface area contributed by atoms with Gasteiger partial charge in [0.05, 0.1) is 45.9 Å². The zero-order chi connectivity index (χ0) is 30.4. The van der Waals surface area contributed by atoms with Crippen molar-refractivity contribution in [3.05, 3.63) is 23.8 Å². The van der Waals surface area contributed by atoms with Crippen molar-refractivity contribution in [3.8, 4) is 11.5 Å². The van der Waals surface area contributed by atoms with Gasteiger partial charge in [-0.2, -0.15) is 0 Å². The molecule has 0 aromatic heterocycles. The average Bonchev–Trinajstić information content (AvgIpc) is 2.82. The van der Waals surface area contributed by atoms with Crippen LogP contribution in [0.15, 0.2) is 18.2 Å². The van der Waals surface area contributed by atoms with Crippen molar-refractivity contribution < 1.29 is 68.9 Å². The number of ether oxygens (including phenoxy) is 2.